The van der Waals surface area contributed by atoms with Crippen LogP contribution in [-0.4, -0.2) is 34.4 Å². The molecule has 0 radical (unpaired) electrons. The molecule has 100 valence electrons. The van der Waals surface area contributed by atoms with Crippen molar-refractivity contribution in [3.8, 4) is 0 Å². The van der Waals surface area contributed by atoms with E-state index in [-0.39, 0.29) is 5.12 Å². The highest BCUT2D eigenvalue weighted by molar-refractivity contribution is 8.14. The van der Waals surface area contributed by atoms with Gasteiger partial charge in [-0.1, -0.05) is 39.5 Å². The van der Waals surface area contributed by atoms with E-state index < -0.39 is 0 Å². The predicted octanol–water partition coefficient (Wildman–Crippen LogP) is 3.41. The van der Waals surface area contributed by atoms with Crippen LogP contribution in [0.25, 0.3) is 0 Å². The number of likely N-dealkylation sites (tertiary alicyclic amines) is 1. The van der Waals surface area contributed by atoms with Gasteiger partial charge in [0.2, 0.25) is 0 Å². The van der Waals surface area contributed by atoms with Gasteiger partial charge in [0, 0.05) is 18.2 Å². The summed E-state index contributed by atoms with van der Waals surface area (Å²) in [5, 5.41) is 0.694. The molecule has 1 saturated heterocycles. The van der Waals surface area contributed by atoms with Crippen LogP contribution in [0, 0.1) is 11.8 Å². The zero-order valence-corrected chi connectivity index (χ0v) is 12.7. The topological polar surface area (TPSA) is 20.3 Å². The van der Waals surface area contributed by atoms with Crippen molar-refractivity contribution >= 4 is 16.9 Å². The molecule has 0 saturated carbocycles. The van der Waals surface area contributed by atoms with Gasteiger partial charge in [-0.25, -0.2) is 0 Å². The van der Waals surface area contributed by atoms with Crippen LogP contribution in [0.2, 0.25) is 0 Å². The summed E-state index contributed by atoms with van der Waals surface area (Å²) in [5.74, 6) is 1.17. The third-order valence-corrected chi connectivity index (χ3v) is 4.97. The van der Waals surface area contributed by atoms with Crippen molar-refractivity contribution in [2.75, 3.05) is 13.1 Å². The molecule has 2 atom stereocenters. The fourth-order valence-electron chi connectivity index (χ4n) is 2.84. The minimum atomic E-state index is 0.258. The maximum Gasteiger partial charge on any atom is 0.186 e. The molecule has 3 heteroatoms. The molecule has 1 rings (SSSR count). The van der Waals surface area contributed by atoms with Gasteiger partial charge in [0.15, 0.2) is 5.12 Å². The van der Waals surface area contributed by atoms with Crippen LogP contribution in [0.1, 0.15) is 47.5 Å². The Bertz CT molecular complexity index is 247. The Hall–Kier alpha value is -0.0200. The molecule has 0 N–H and O–H groups in total. The molecular formula is C14H27NOS. The Morgan fingerprint density at radius 3 is 1.94 bits per heavy atom. The van der Waals surface area contributed by atoms with E-state index in [0.717, 1.165) is 0 Å². The normalized spacial score (nSPS) is 21.1. The van der Waals surface area contributed by atoms with Gasteiger partial charge < -0.3 is 0 Å². The fraction of sp³-hybridized carbons (Fsp3) is 0.929. The van der Waals surface area contributed by atoms with Crippen molar-refractivity contribution in [1.29, 1.82) is 0 Å². The minimum Gasteiger partial charge on any atom is -0.299 e. The van der Waals surface area contributed by atoms with Crippen molar-refractivity contribution < 1.29 is 4.79 Å². The van der Waals surface area contributed by atoms with Gasteiger partial charge in [-0.2, -0.15) is 0 Å². The van der Waals surface area contributed by atoms with Crippen LogP contribution < -0.4 is 0 Å². The van der Waals surface area contributed by atoms with E-state index in [0.29, 0.717) is 23.1 Å². The summed E-state index contributed by atoms with van der Waals surface area (Å²) in [7, 11) is 0. The van der Waals surface area contributed by atoms with Crippen LogP contribution in [0.3, 0.4) is 0 Å². The molecule has 2 nitrogen and oxygen atoms in total. The molecule has 1 aliphatic heterocycles. The number of hydrogen-bond acceptors (Lipinski definition) is 3. The van der Waals surface area contributed by atoms with Gasteiger partial charge in [-0.3, -0.25) is 9.69 Å². The van der Waals surface area contributed by atoms with Crippen molar-refractivity contribution in [2.24, 2.45) is 11.8 Å². The molecule has 0 aromatic carbocycles. The van der Waals surface area contributed by atoms with Gasteiger partial charge in [0.05, 0.1) is 0 Å². The third-order valence-electron chi connectivity index (χ3n) is 3.54. The number of hydrogen-bond donors (Lipinski definition) is 0. The molecule has 0 aliphatic carbocycles. The van der Waals surface area contributed by atoms with Crippen molar-refractivity contribution in [1.82, 2.24) is 4.90 Å². The predicted molar refractivity (Wildman–Crippen MR) is 76.3 cm³/mol. The third kappa shape index (κ3) is 4.29. The van der Waals surface area contributed by atoms with Crippen molar-refractivity contribution in [2.45, 2.75) is 58.8 Å². The second-order valence-electron chi connectivity index (χ2n) is 5.80. The first-order valence-electron chi connectivity index (χ1n) is 6.84. The Morgan fingerprint density at radius 2 is 1.59 bits per heavy atom. The van der Waals surface area contributed by atoms with E-state index >= 15 is 0 Å². The number of carbonyl (C=O) groups is 1. The lowest BCUT2D eigenvalue weighted by Gasteiger charge is -2.38. The SMILES string of the molecule is CC(=O)S[C@@H](C(C)C)[C@H](C(C)C)N1CCCC1. The van der Waals surface area contributed by atoms with Crippen molar-refractivity contribution in [3.63, 3.8) is 0 Å². The Kier molecular flexibility index (Phi) is 6.01. The van der Waals surface area contributed by atoms with E-state index in [9.17, 15) is 4.79 Å². The van der Waals surface area contributed by atoms with Gasteiger partial charge in [-0.05, 0) is 37.8 Å². The van der Waals surface area contributed by atoms with Gasteiger partial charge in [0.1, 0.15) is 0 Å². The number of rotatable bonds is 5. The average molecular weight is 257 g/mol. The molecule has 17 heavy (non-hydrogen) atoms. The Labute approximate surface area is 111 Å². The molecule has 0 amide bonds. The maximum atomic E-state index is 11.4. The molecule has 1 aliphatic rings. The molecule has 0 aromatic heterocycles. The van der Waals surface area contributed by atoms with Crippen LogP contribution in [-0.2, 0) is 4.79 Å². The first kappa shape index (κ1) is 15.0. The second-order valence-corrected chi connectivity index (χ2v) is 7.15. The largest absolute Gasteiger partial charge is 0.299 e. The van der Waals surface area contributed by atoms with E-state index in [1.165, 1.54) is 25.9 Å². The fourth-order valence-corrected chi connectivity index (χ4v) is 4.12. The first-order valence-corrected chi connectivity index (χ1v) is 7.72. The standard InChI is InChI=1S/C14H27NOS/c1-10(2)13(15-8-6-7-9-15)14(11(3)4)17-12(5)16/h10-11,13-14H,6-9H2,1-5H3/t13-,14-/m0/s1. The first-order chi connectivity index (χ1) is 7.93. The lowest BCUT2D eigenvalue weighted by atomic mass is 9.92. The highest BCUT2D eigenvalue weighted by Gasteiger charge is 2.34. The maximum absolute atomic E-state index is 11.4. The molecule has 0 spiro atoms. The number of carbonyl (C=O) groups excluding carboxylic acids is 1. The Balaban J connectivity index is 2.80. The quantitative estimate of drug-likeness (QED) is 0.753. The monoisotopic (exact) mass is 257 g/mol. The second kappa shape index (κ2) is 6.79. The van der Waals surface area contributed by atoms with E-state index in [1.807, 2.05) is 0 Å². The van der Waals surface area contributed by atoms with E-state index in [4.69, 9.17) is 0 Å². The molecular weight excluding hydrogens is 230 g/mol. The van der Waals surface area contributed by atoms with E-state index in [2.05, 4.69) is 32.6 Å². The van der Waals surface area contributed by atoms with Crippen LogP contribution in [0.4, 0.5) is 0 Å². The zero-order chi connectivity index (χ0) is 13.0. The van der Waals surface area contributed by atoms with Crippen LogP contribution in [0.5, 0.6) is 0 Å². The Morgan fingerprint density at radius 1 is 1.06 bits per heavy atom. The highest BCUT2D eigenvalue weighted by Crippen LogP contribution is 2.32. The summed E-state index contributed by atoms with van der Waals surface area (Å²) < 4.78 is 0. The summed E-state index contributed by atoms with van der Waals surface area (Å²) in [5.41, 5.74) is 0. The molecule has 0 bridgehead atoms. The lowest BCUT2D eigenvalue weighted by Crippen LogP contribution is -2.46. The molecule has 1 heterocycles. The zero-order valence-electron chi connectivity index (χ0n) is 11.9. The lowest BCUT2D eigenvalue weighted by molar-refractivity contribution is -0.109. The minimum absolute atomic E-state index is 0.258. The average Bonchev–Trinajstić information content (AvgIpc) is 2.68. The smallest absolute Gasteiger partial charge is 0.186 e. The van der Waals surface area contributed by atoms with Gasteiger partial charge in [0.25, 0.3) is 0 Å². The molecule has 1 fully saturated rings. The summed E-state index contributed by atoms with van der Waals surface area (Å²) in [6, 6.07) is 0.548. The van der Waals surface area contributed by atoms with Crippen LogP contribution >= 0.6 is 11.8 Å². The molecule has 0 aromatic rings. The summed E-state index contributed by atoms with van der Waals surface area (Å²) in [6.07, 6.45) is 2.64. The van der Waals surface area contributed by atoms with E-state index in [1.54, 1.807) is 18.7 Å². The van der Waals surface area contributed by atoms with Crippen LogP contribution in [0.15, 0.2) is 0 Å². The van der Waals surface area contributed by atoms with Crippen molar-refractivity contribution in [3.05, 3.63) is 0 Å². The van der Waals surface area contributed by atoms with Gasteiger partial charge >= 0.3 is 0 Å². The summed E-state index contributed by atoms with van der Waals surface area (Å²) in [4.78, 5) is 14.0. The number of nitrogens with zero attached hydrogens (tertiary/aromatic N) is 1. The molecule has 0 unspecified atom stereocenters. The summed E-state index contributed by atoms with van der Waals surface area (Å²) >= 11 is 1.55. The highest BCUT2D eigenvalue weighted by atomic mass is 32.2. The van der Waals surface area contributed by atoms with Gasteiger partial charge in [-0.15, -0.1) is 0 Å². The summed E-state index contributed by atoms with van der Waals surface area (Å²) in [6.45, 7) is 13.2. The number of thioether (sulfide) groups is 1.